The summed E-state index contributed by atoms with van der Waals surface area (Å²) in [5, 5.41) is 0. The Hall–Kier alpha value is -2.16. The van der Waals surface area contributed by atoms with E-state index in [0.717, 1.165) is 5.56 Å². The summed E-state index contributed by atoms with van der Waals surface area (Å²) in [6, 6.07) is 10.7. The highest BCUT2D eigenvalue weighted by molar-refractivity contribution is 5.92. The average Bonchev–Trinajstić information content (AvgIpc) is 2.31. The third-order valence-corrected chi connectivity index (χ3v) is 2.21. The molecule has 2 rings (SSSR count). The van der Waals surface area contributed by atoms with Gasteiger partial charge < -0.3 is 4.74 Å². The Labute approximate surface area is 93.7 Å². The lowest BCUT2D eigenvalue weighted by Crippen LogP contribution is -2.10. The molecule has 3 heteroatoms. The first-order chi connectivity index (χ1) is 7.77. The topological polar surface area (TPSA) is 39.2 Å². The molecule has 0 aliphatic carbocycles. The highest BCUT2D eigenvalue weighted by Crippen LogP contribution is 2.12. The summed E-state index contributed by atoms with van der Waals surface area (Å²) in [5.41, 5.74) is 1.47. The Balaban J connectivity index is 2.19. The molecular weight excluding hydrogens is 202 g/mol. The summed E-state index contributed by atoms with van der Waals surface area (Å²) in [4.78, 5) is 15.7. The van der Waals surface area contributed by atoms with Crippen LogP contribution in [0.3, 0.4) is 0 Å². The van der Waals surface area contributed by atoms with Crippen LogP contribution in [0.1, 0.15) is 15.9 Å². The molecule has 80 valence electrons. The van der Waals surface area contributed by atoms with Crippen LogP contribution in [0.25, 0.3) is 0 Å². The summed E-state index contributed by atoms with van der Waals surface area (Å²) in [6.07, 6.45) is 3.14. The number of carbonyl (C=O) groups is 1. The Morgan fingerprint density at radius 1 is 1.19 bits per heavy atom. The van der Waals surface area contributed by atoms with Crippen molar-refractivity contribution in [2.75, 3.05) is 0 Å². The van der Waals surface area contributed by atoms with Gasteiger partial charge in [0.05, 0.1) is 11.8 Å². The van der Waals surface area contributed by atoms with Gasteiger partial charge in [0.15, 0.2) is 0 Å². The van der Waals surface area contributed by atoms with Crippen LogP contribution in [0.2, 0.25) is 0 Å². The number of hydrogen-bond acceptors (Lipinski definition) is 3. The van der Waals surface area contributed by atoms with Gasteiger partial charge in [-0.3, -0.25) is 4.98 Å². The molecule has 0 fully saturated rings. The molecule has 0 spiro atoms. The molecule has 0 radical (unpaired) electrons. The van der Waals surface area contributed by atoms with Gasteiger partial charge in [0.25, 0.3) is 0 Å². The molecule has 2 aromatic rings. The SMILES string of the molecule is Cc1ccccc1C(=O)Oc1cccnc1. The Kier molecular flexibility index (Phi) is 2.96. The van der Waals surface area contributed by atoms with Crippen LogP contribution in [0.15, 0.2) is 48.8 Å². The van der Waals surface area contributed by atoms with Crippen LogP contribution in [-0.2, 0) is 0 Å². The maximum Gasteiger partial charge on any atom is 0.343 e. The minimum absolute atomic E-state index is 0.355. The molecule has 0 N–H and O–H groups in total. The lowest BCUT2D eigenvalue weighted by Gasteiger charge is -2.05. The lowest BCUT2D eigenvalue weighted by molar-refractivity contribution is 0.0733. The molecule has 0 aliphatic rings. The quantitative estimate of drug-likeness (QED) is 0.720. The van der Waals surface area contributed by atoms with Gasteiger partial charge in [0.2, 0.25) is 0 Å². The second-order valence-corrected chi connectivity index (χ2v) is 3.39. The maximum atomic E-state index is 11.8. The molecule has 0 amide bonds. The van der Waals surface area contributed by atoms with E-state index in [1.807, 2.05) is 25.1 Å². The molecule has 16 heavy (non-hydrogen) atoms. The molecule has 1 aromatic carbocycles. The second kappa shape index (κ2) is 4.57. The van der Waals surface area contributed by atoms with Crippen molar-refractivity contribution < 1.29 is 9.53 Å². The predicted octanol–water partition coefficient (Wildman–Crippen LogP) is 2.61. The zero-order valence-corrected chi connectivity index (χ0v) is 8.88. The van der Waals surface area contributed by atoms with Crippen molar-refractivity contribution in [3.63, 3.8) is 0 Å². The van der Waals surface area contributed by atoms with Crippen molar-refractivity contribution in [3.05, 3.63) is 59.9 Å². The van der Waals surface area contributed by atoms with Crippen LogP contribution in [0, 0.1) is 6.92 Å². The van der Waals surface area contributed by atoms with E-state index in [1.54, 1.807) is 24.4 Å². The molecule has 1 aromatic heterocycles. The van der Waals surface area contributed by atoms with Crippen LogP contribution >= 0.6 is 0 Å². The van der Waals surface area contributed by atoms with Gasteiger partial charge in [-0.05, 0) is 30.7 Å². The normalized spacial score (nSPS) is 9.81. The first kappa shape index (κ1) is 10.4. The number of nitrogens with zero attached hydrogens (tertiary/aromatic N) is 1. The molecular formula is C13H11NO2. The van der Waals surface area contributed by atoms with E-state index in [2.05, 4.69) is 4.98 Å². The molecule has 0 unspecified atom stereocenters. The number of hydrogen-bond donors (Lipinski definition) is 0. The van der Waals surface area contributed by atoms with Crippen molar-refractivity contribution in [3.8, 4) is 5.75 Å². The van der Waals surface area contributed by atoms with Crippen molar-refractivity contribution in [1.82, 2.24) is 4.98 Å². The Bertz CT molecular complexity index is 494. The summed E-state index contributed by atoms with van der Waals surface area (Å²) in [7, 11) is 0. The average molecular weight is 213 g/mol. The van der Waals surface area contributed by atoms with Crippen molar-refractivity contribution >= 4 is 5.97 Å². The summed E-state index contributed by atoms with van der Waals surface area (Å²) < 4.78 is 5.18. The van der Waals surface area contributed by atoms with E-state index in [9.17, 15) is 4.79 Å². The Morgan fingerprint density at radius 3 is 2.69 bits per heavy atom. The van der Waals surface area contributed by atoms with Gasteiger partial charge in [0.1, 0.15) is 5.75 Å². The fourth-order valence-electron chi connectivity index (χ4n) is 1.37. The zero-order chi connectivity index (χ0) is 11.4. The van der Waals surface area contributed by atoms with Gasteiger partial charge in [-0.15, -0.1) is 0 Å². The monoisotopic (exact) mass is 213 g/mol. The highest BCUT2D eigenvalue weighted by Gasteiger charge is 2.10. The first-order valence-electron chi connectivity index (χ1n) is 4.95. The van der Waals surface area contributed by atoms with Crippen LogP contribution in [-0.4, -0.2) is 11.0 Å². The number of aryl methyl sites for hydroxylation is 1. The van der Waals surface area contributed by atoms with Gasteiger partial charge in [-0.1, -0.05) is 18.2 Å². The highest BCUT2D eigenvalue weighted by atomic mass is 16.5. The van der Waals surface area contributed by atoms with Crippen LogP contribution in [0.5, 0.6) is 5.75 Å². The minimum Gasteiger partial charge on any atom is -0.421 e. The predicted molar refractivity (Wildman–Crippen MR) is 60.4 cm³/mol. The fourth-order valence-corrected chi connectivity index (χ4v) is 1.37. The number of pyridine rings is 1. The number of ether oxygens (including phenoxy) is 1. The summed E-state index contributed by atoms with van der Waals surface area (Å²) in [5.74, 6) is 0.0989. The van der Waals surface area contributed by atoms with E-state index in [-0.39, 0.29) is 5.97 Å². The van der Waals surface area contributed by atoms with Gasteiger partial charge in [-0.25, -0.2) is 4.79 Å². The maximum absolute atomic E-state index is 11.8. The van der Waals surface area contributed by atoms with E-state index in [0.29, 0.717) is 11.3 Å². The Morgan fingerprint density at radius 2 is 2.00 bits per heavy atom. The lowest BCUT2D eigenvalue weighted by atomic mass is 10.1. The van der Waals surface area contributed by atoms with Crippen LogP contribution in [0.4, 0.5) is 0 Å². The third-order valence-electron chi connectivity index (χ3n) is 2.21. The summed E-state index contributed by atoms with van der Waals surface area (Å²) >= 11 is 0. The molecule has 0 atom stereocenters. The number of rotatable bonds is 2. The molecule has 1 heterocycles. The largest absolute Gasteiger partial charge is 0.421 e. The fraction of sp³-hybridized carbons (Fsp3) is 0.0769. The second-order valence-electron chi connectivity index (χ2n) is 3.39. The smallest absolute Gasteiger partial charge is 0.343 e. The summed E-state index contributed by atoms with van der Waals surface area (Å²) in [6.45, 7) is 1.87. The van der Waals surface area contributed by atoms with Gasteiger partial charge in [0, 0.05) is 6.20 Å². The molecule has 0 saturated carbocycles. The van der Waals surface area contributed by atoms with Crippen molar-refractivity contribution in [2.24, 2.45) is 0 Å². The molecule has 0 saturated heterocycles. The van der Waals surface area contributed by atoms with E-state index >= 15 is 0 Å². The number of carbonyl (C=O) groups excluding carboxylic acids is 1. The minimum atomic E-state index is -0.355. The zero-order valence-electron chi connectivity index (χ0n) is 8.88. The number of benzene rings is 1. The number of esters is 1. The van der Waals surface area contributed by atoms with Gasteiger partial charge >= 0.3 is 5.97 Å². The van der Waals surface area contributed by atoms with E-state index in [1.165, 1.54) is 6.20 Å². The first-order valence-corrected chi connectivity index (χ1v) is 4.95. The van der Waals surface area contributed by atoms with Crippen molar-refractivity contribution in [2.45, 2.75) is 6.92 Å². The number of aromatic nitrogens is 1. The van der Waals surface area contributed by atoms with E-state index in [4.69, 9.17) is 4.74 Å². The molecule has 0 bridgehead atoms. The standard InChI is InChI=1S/C13H11NO2/c1-10-5-2-3-7-12(10)13(15)16-11-6-4-8-14-9-11/h2-9H,1H3. The molecule has 3 nitrogen and oxygen atoms in total. The van der Waals surface area contributed by atoms with Crippen molar-refractivity contribution in [1.29, 1.82) is 0 Å². The van der Waals surface area contributed by atoms with Gasteiger partial charge in [-0.2, -0.15) is 0 Å². The van der Waals surface area contributed by atoms with Crippen LogP contribution < -0.4 is 4.74 Å². The molecule has 0 aliphatic heterocycles. The van der Waals surface area contributed by atoms with E-state index < -0.39 is 0 Å². The third kappa shape index (κ3) is 2.25.